The van der Waals surface area contributed by atoms with Crippen LogP contribution in [-0.2, 0) is 15.6 Å². The van der Waals surface area contributed by atoms with Gasteiger partial charge in [-0.1, -0.05) is 0 Å². The van der Waals surface area contributed by atoms with Gasteiger partial charge in [0.1, 0.15) is 23.8 Å². The molecule has 0 aliphatic carbocycles. The van der Waals surface area contributed by atoms with Crippen molar-refractivity contribution in [1.29, 1.82) is 0 Å². The molecule has 0 bridgehead atoms. The van der Waals surface area contributed by atoms with Gasteiger partial charge in [0.15, 0.2) is 23.0 Å². The van der Waals surface area contributed by atoms with Gasteiger partial charge in [-0.15, -0.1) is 0 Å². The van der Waals surface area contributed by atoms with Crippen LogP contribution in [0, 0.1) is 11.6 Å². The van der Waals surface area contributed by atoms with E-state index in [1.54, 1.807) is 9.47 Å². The van der Waals surface area contributed by atoms with Crippen molar-refractivity contribution in [2.75, 3.05) is 30.3 Å². The number of aliphatic hydroxyl groups excluding tert-OH is 1. The van der Waals surface area contributed by atoms with Crippen LogP contribution in [0.5, 0.6) is 5.75 Å². The van der Waals surface area contributed by atoms with Gasteiger partial charge in [0.25, 0.3) is 6.43 Å². The van der Waals surface area contributed by atoms with Gasteiger partial charge < -0.3 is 30.6 Å². The van der Waals surface area contributed by atoms with Crippen LogP contribution in [0.4, 0.5) is 29.1 Å². The summed E-state index contributed by atoms with van der Waals surface area (Å²) in [5.41, 5.74) is 11.9. The number of aliphatic hydroxyl groups is 1. The lowest BCUT2D eigenvalue weighted by atomic mass is 9.84. The number of pyridine rings is 1. The Morgan fingerprint density at radius 1 is 1.16 bits per heavy atom. The molecule has 18 heteroatoms. The van der Waals surface area contributed by atoms with Crippen LogP contribution < -0.4 is 20.9 Å². The van der Waals surface area contributed by atoms with Crippen molar-refractivity contribution in [3.63, 3.8) is 0 Å². The Labute approximate surface area is 248 Å². The summed E-state index contributed by atoms with van der Waals surface area (Å²) in [6.45, 7) is 1.52. The molecular weight excluding hydrogens is 611 g/mol. The molecule has 4 aromatic rings. The number of phosphoric ester groups is 1. The molecule has 1 aliphatic rings. The van der Waals surface area contributed by atoms with Crippen molar-refractivity contribution in [3.05, 3.63) is 54.2 Å². The fourth-order valence-corrected chi connectivity index (χ4v) is 5.93. The minimum absolute atomic E-state index is 0.0223. The summed E-state index contributed by atoms with van der Waals surface area (Å²) in [6.07, 6.45) is -0.507. The van der Waals surface area contributed by atoms with Crippen LogP contribution in [0.2, 0.25) is 0 Å². The molecule has 3 atom stereocenters. The van der Waals surface area contributed by atoms with Crippen molar-refractivity contribution in [1.82, 2.24) is 24.5 Å². The number of nitrogens with two attached hydrogens (primary N) is 2. The van der Waals surface area contributed by atoms with Crippen molar-refractivity contribution in [2.45, 2.75) is 44.4 Å². The lowest BCUT2D eigenvalue weighted by Gasteiger charge is -2.44. The summed E-state index contributed by atoms with van der Waals surface area (Å²) in [7, 11) is -4.69. The predicted octanol–water partition coefficient (Wildman–Crippen LogP) is 3.24. The lowest BCUT2D eigenvalue weighted by molar-refractivity contribution is -0.0529. The maximum Gasteiger partial charge on any atom is 0.527 e. The van der Waals surface area contributed by atoms with E-state index in [1.165, 1.54) is 31.8 Å². The number of rotatable bonds is 10. The Hall–Kier alpha value is -3.89. The highest BCUT2D eigenvalue weighted by Crippen LogP contribution is 2.45. The SMILES string of the molecule is CCOP(=O)(O)Oc1cc(F)c(-c2cc(Cn3cnc4c(N)ncnc43)c(N3CCC[C@](N)([C@H](O)C(F)F)C3)cn2)cc1F. The third kappa shape index (κ3) is 6.32. The fourth-order valence-electron chi connectivity index (χ4n) is 5.17. The van der Waals surface area contributed by atoms with Gasteiger partial charge in [-0.25, -0.2) is 37.1 Å². The summed E-state index contributed by atoms with van der Waals surface area (Å²) in [5.74, 6) is -2.86. The molecule has 0 amide bonds. The molecule has 3 aromatic heterocycles. The minimum atomic E-state index is -4.69. The van der Waals surface area contributed by atoms with Crippen LogP contribution in [0.3, 0.4) is 0 Å². The van der Waals surface area contributed by atoms with Crippen molar-refractivity contribution < 1.29 is 41.2 Å². The fraction of sp³-hybridized carbons (Fsp3) is 0.385. The molecular formula is C26H29F4N8O5P. The van der Waals surface area contributed by atoms with Gasteiger partial charge in [0.05, 0.1) is 42.6 Å². The van der Waals surface area contributed by atoms with E-state index >= 15 is 4.39 Å². The highest BCUT2D eigenvalue weighted by Gasteiger charge is 2.43. The molecule has 1 unspecified atom stereocenters. The van der Waals surface area contributed by atoms with E-state index in [-0.39, 0.29) is 43.2 Å². The first kappa shape index (κ1) is 31.5. The number of halogens is 4. The second kappa shape index (κ2) is 12.2. The number of phosphoric acid groups is 1. The topological polar surface area (TPSA) is 188 Å². The van der Waals surface area contributed by atoms with Gasteiger partial charge in [0, 0.05) is 24.7 Å². The predicted molar refractivity (Wildman–Crippen MR) is 151 cm³/mol. The highest BCUT2D eigenvalue weighted by atomic mass is 31.2. The monoisotopic (exact) mass is 640 g/mol. The number of nitrogen functional groups attached to an aromatic ring is 1. The Morgan fingerprint density at radius 3 is 2.66 bits per heavy atom. The van der Waals surface area contributed by atoms with Crippen LogP contribution in [0.15, 0.2) is 37.1 Å². The first-order valence-electron chi connectivity index (χ1n) is 13.4. The summed E-state index contributed by atoms with van der Waals surface area (Å²) in [5, 5.41) is 10.2. The van der Waals surface area contributed by atoms with E-state index in [1.807, 2.05) is 0 Å². The standard InChI is InChI=1S/C26H29F4N8O5P/c1-2-42-44(40,41)43-20-8-16(27)15(7-17(20)28)18-6-14(10-38-13-36-21-24(31)34-12-35-25(21)38)19(9-33-18)37-5-3-4-26(32,11-37)22(39)23(29)30/h6-9,12-13,22-23,39H,2-5,10-11,32H2,1H3,(H,40,41)(H2,31,34,35)/t22-,26-/m1/s1. The first-order valence-corrected chi connectivity index (χ1v) is 14.9. The molecule has 0 radical (unpaired) electrons. The first-order chi connectivity index (χ1) is 20.8. The van der Waals surface area contributed by atoms with Crippen LogP contribution >= 0.6 is 7.82 Å². The number of hydrogen-bond acceptors (Lipinski definition) is 11. The quantitative estimate of drug-likeness (QED) is 0.147. The summed E-state index contributed by atoms with van der Waals surface area (Å²) < 4.78 is 80.0. The minimum Gasteiger partial charge on any atom is -0.401 e. The second-order valence-electron chi connectivity index (χ2n) is 10.3. The lowest BCUT2D eigenvalue weighted by Crippen LogP contribution is -2.63. The maximum atomic E-state index is 15.3. The molecule has 236 valence electrons. The van der Waals surface area contributed by atoms with Gasteiger partial charge in [0.2, 0.25) is 0 Å². The maximum absolute atomic E-state index is 15.3. The number of imidazole rings is 1. The average molecular weight is 641 g/mol. The Bertz CT molecular complexity index is 1730. The zero-order valence-electron chi connectivity index (χ0n) is 23.3. The second-order valence-corrected chi connectivity index (χ2v) is 11.7. The van der Waals surface area contributed by atoms with E-state index in [0.717, 1.165) is 6.07 Å². The number of hydrogen-bond donors (Lipinski definition) is 4. The number of alkyl halides is 2. The molecule has 5 rings (SSSR count). The number of anilines is 2. The average Bonchev–Trinajstić information content (AvgIpc) is 3.38. The van der Waals surface area contributed by atoms with Gasteiger partial charge in [-0.3, -0.25) is 14.4 Å². The Morgan fingerprint density at radius 2 is 1.93 bits per heavy atom. The summed E-state index contributed by atoms with van der Waals surface area (Å²) in [4.78, 5) is 28.1. The van der Waals surface area contributed by atoms with E-state index in [0.29, 0.717) is 41.4 Å². The third-order valence-corrected chi connectivity index (χ3v) is 8.28. The normalized spacial score (nSPS) is 19.3. The molecule has 0 spiro atoms. The van der Waals surface area contributed by atoms with Crippen LogP contribution in [0.25, 0.3) is 22.4 Å². The highest BCUT2D eigenvalue weighted by molar-refractivity contribution is 7.47. The zero-order chi connectivity index (χ0) is 31.8. The van der Waals surface area contributed by atoms with Crippen molar-refractivity contribution in [3.8, 4) is 17.0 Å². The van der Waals surface area contributed by atoms with Gasteiger partial charge >= 0.3 is 7.82 Å². The molecule has 1 fully saturated rings. The Balaban J connectivity index is 1.57. The number of benzene rings is 1. The van der Waals surface area contributed by atoms with Crippen LogP contribution in [0.1, 0.15) is 25.3 Å². The molecule has 6 N–H and O–H groups in total. The number of fused-ring (bicyclic) bond motifs is 1. The van der Waals surface area contributed by atoms with E-state index in [2.05, 4.69) is 29.0 Å². The van der Waals surface area contributed by atoms with E-state index < -0.39 is 43.3 Å². The van der Waals surface area contributed by atoms with E-state index in [9.17, 15) is 27.7 Å². The third-order valence-electron chi connectivity index (χ3n) is 7.26. The summed E-state index contributed by atoms with van der Waals surface area (Å²) >= 11 is 0. The van der Waals surface area contributed by atoms with Crippen LogP contribution in [-0.4, -0.2) is 72.3 Å². The zero-order valence-corrected chi connectivity index (χ0v) is 24.2. The molecule has 1 saturated heterocycles. The molecule has 1 aromatic carbocycles. The largest absolute Gasteiger partial charge is 0.527 e. The molecule has 4 heterocycles. The molecule has 1 aliphatic heterocycles. The molecule has 0 saturated carbocycles. The molecule has 13 nitrogen and oxygen atoms in total. The van der Waals surface area contributed by atoms with Gasteiger partial charge in [-0.05, 0) is 37.5 Å². The summed E-state index contributed by atoms with van der Waals surface area (Å²) in [6, 6.07) is 2.83. The van der Waals surface area contributed by atoms with E-state index in [4.69, 9.17) is 11.5 Å². The number of nitrogens with zero attached hydrogens (tertiary/aromatic N) is 6. The van der Waals surface area contributed by atoms with Gasteiger partial charge in [-0.2, -0.15) is 0 Å². The number of aromatic nitrogens is 5. The Kier molecular flexibility index (Phi) is 8.77. The van der Waals surface area contributed by atoms with Crippen molar-refractivity contribution in [2.24, 2.45) is 5.73 Å². The number of piperidine rings is 1. The smallest absolute Gasteiger partial charge is 0.401 e. The van der Waals surface area contributed by atoms with Crippen molar-refractivity contribution >= 4 is 30.5 Å². The molecule has 44 heavy (non-hydrogen) atoms.